The maximum Gasteiger partial charge on any atom is -0.0273 e. The molecule has 0 bridgehead atoms. The van der Waals surface area contributed by atoms with E-state index in [1.165, 1.54) is 25.7 Å². The molecule has 1 aromatic rings. The number of hydrogen-bond acceptors (Lipinski definition) is 0. The predicted molar refractivity (Wildman–Crippen MR) is 72.5 cm³/mol. The summed E-state index contributed by atoms with van der Waals surface area (Å²) in [7, 11) is 0. The maximum atomic E-state index is 2.24. The first-order valence-electron chi connectivity index (χ1n) is 5.95. The van der Waals surface area contributed by atoms with Gasteiger partial charge in [-0.15, -0.1) is 0 Å². The van der Waals surface area contributed by atoms with Gasteiger partial charge in [-0.1, -0.05) is 65.8 Å². The highest BCUT2D eigenvalue weighted by Gasteiger charge is 2.07. The Morgan fingerprint density at radius 2 is 1.27 bits per heavy atom. The van der Waals surface area contributed by atoms with Gasteiger partial charge in [-0.05, 0) is 30.4 Å². The van der Waals surface area contributed by atoms with Crippen molar-refractivity contribution in [3.63, 3.8) is 0 Å². The number of fused-ring (bicyclic) bond motifs is 1. The lowest BCUT2D eigenvalue weighted by Crippen LogP contribution is -1.77. The van der Waals surface area contributed by atoms with Crippen molar-refractivity contribution < 1.29 is 0 Å². The van der Waals surface area contributed by atoms with Crippen LogP contribution in [0.1, 0.15) is 59.1 Å². The lowest BCUT2D eigenvalue weighted by atomic mass is 10.1. The summed E-state index contributed by atoms with van der Waals surface area (Å²) in [6, 6.07) is 8.74. The summed E-state index contributed by atoms with van der Waals surface area (Å²) in [6.07, 6.45) is 5.21. The fraction of sp³-hybridized carbons (Fsp3) is 0.600. The van der Waals surface area contributed by atoms with Gasteiger partial charge in [0.2, 0.25) is 0 Å². The molecule has 0 spiro atoms. The number of hydrogen-bond donors (Lipinski definition) is 0. The summed E-state index contributed by atoms with van der Waals surface area (Å²) in [5, 5.41) is 0. The molecule has 0 unspecified atom stereocenters. The van der Waals surface area contributed by atoms with Gasteiger partial charge in [-0.2, -0.15) is 0 Å². The predicted octanol–water partition coefficient (Wildman–Crippen LogP) is 5.25. The van der Waals surface area contributed by atoms with E-state index in [9.17, 15) is 0 Å². The van der Waals surface area contributed by atoms with Crippen molar-refractivity contribution in [2.24, 2.45) is 0 Å². The molecule has 0 nitrogen and oxygen atoms in total. The highest BCUT2D eigenvalue weighted by atomic mass is 14.1. The molecule has 0 saturated carbocycles. The normalized spacial score (nSPS) is 10.9. The zero-order valence-corrected chi connectivity index (χ0v) is 10.1. The molecule has 0 fully saturated rings. The average Bonchev–Trinajstić information content (AvgIpc) is 2.69. The lowest BCUT2D eigenvalue weighted by Gasteiger charge is -1.93. The van der Waals surface area contributed by atoms with Gasteiger partial charge in [0.1, 0.15) is 0 Å². The molecule has 1 aliphatic rings. The van der Waals surface area contributed by atoms with Gasteiger partial charge < -0.3 is 0 Å². The van der Waals surface area contributed by atoms with Gasteiger partial charge in [-0.3, -0.25) is 0 Å². The van der Waals surface area contributed by atoms with Crippen LogP contribution in [0.15, 0.2) is 24.3 Å². The van der Waals surface area contributed by atoms with Gasteiger partial charge in [0.25, 0.3) is 0 Å². The van der Waals surface area contributed by atoms with Crippen molar-refractivity contribution in [3.05, 3.63) is 35.4 Å². The Morgan fingerprint density at radius 3 is 1.60 bits per heavy atom. The van der Waals surface area contributed by atoms with E-state index in [0.29, 0.717) is 0 Å². The highest BCUT2D eigenvalue weighted by Crippen LogP contribution is 2.20. The minimum absolute atomic E-state index is 0. The molecule has 0 heteroatoms. The Balaban J connectivity index is 0. The second-order valence-electron chi connectivity index (χ2n) is 3.33. The van der Waals surface area contributed by atoms with E-state index >= 15 is 0 Å². The van der Waals surface area contributed by atoms with E-state index in [4.69, 9.17) is 0 Å². The minimum atomic E-state index is 0. The fourth-order valence-electron chi connectivity index (χ4n) is 1.51. The van der Waals surface area contributed by atoms with Gasteiger partial charge in [0.05, 0.1) is 0 Å². The molecule has 0 aliphatic heterocycles. The molecule has 0 heterocycles. The number of rotatable bonds is 0. The first-order valence-corrected chi connectivity index (χ1v) is 5.95. The molecular formula is C15H28. The van der Waals surface area contributed by atoms with Crippen LogP contribution in [0.25, 0.3) is 0 Å². The molecule has 0 N–H and O–H groups in total. The smallest absolute Gasteiger partial charge is 0.0273 e. The number of benzene rings is 1. The highest BCUT2D eigenvalue weighted by molar-refractivity contribution is 5.30. The molecule has 15 heavy (non-hydrogen) atoms. The minimum Gasteiger partial charge on any atom is -0.0776 e. The average molecular weight is 208 g/mol. The zero-order chi connectivity index (χ0) is 10.8. The van der Waals surface area contributed by atoms with Crippen molar-refractivity contribution in [1.82, 2.24) is 0 Å². The lowest BCUT2D eigenvalue weighted by molar-refractivity contribution is 0.912. The van der Waals surface area contributed by atoms with Crippen LogP contribution in [-0.4, -0.2) is 0 Å². The maximum absolute atomic E-state index is 2.24. The topological polar surface area (TPSA) is 0 Å². The summed E-state index contributed by atoms with van der Waals surface area (Å²) in [5.41, 5.74) is 3.13. The molecule has 1 aromatic carbocycles. The quantitative estimate of drug-likeness (QED) is 0.546. The van der Waals surface area contributed by atoms with Crippen molar-refractivity contribution in [2.75, 3.05) is 0 Å². The summed E-state index contributed by atoms with van der Waals surface area (Å²) in [6.45, 7) is 8.25. The second kappa shape index (κ2) is 11.3. The molecule has 0 radical (unpaired) electrons. The summed E-state index contributed by atoms with van der Waals surface area (Å²) in [5.74, 6) is 0. The van der Waals surface area contributed by atoms with Gasteiger partial charge >= 0.3 is 0 Å². The van der Waals surface area contributed by atoms with Crippen LogP contribution in [0.3, 0.4) is 0 Å². The van der Waals surface area contributed by atoms with E-state index in [1.54, 1.807) is 11.1 Å². The Kier molecular flexibility index (Phi) is 12.5. The van der Waals surface area contributed by atoms with Crippen LogP contribution in [0, 0.1) is 0 Å². The molecule has 0 saturated heterocycles. The third kappa shape index (κ3) is 6.33. The van der Waals surface area contributed by atoms with Crippen molar-refractivity contribution in [3.8, 4) is 0 Å². The van der Waals surface area contributed by atoms with Crippen LogP contribution < -0.4 is 0 Å². The van der Waals surface area contributed by atoms with E-state index in [0.717, 1.165) is 0 Å². The zero-order valence-electron chi connectivity index (χ0n) is 10.1. The van der Waals surface area contributed by atoms with E-state index < -0.39 is 0 Å². The molecular weight excluding hydrogens is 180 g/mol. The third-order valence-electron chi connectivity index (χ3n) is 2.01. The fourth-order valence-corrected chi connectivity index (χ4v) is 1.51. The van der Waals surface area contributed by atoms with Gasteiger partial charge in [-0.25, -0.2) is 0 Å². The van der Waals surface area contributed by atoms with E-state index in [1.807, 2.05) is 13.8 Å². The molecule has 1 aliphatic carbocycles. The van der Waals surface area contributed by atoms with Gasteiger partial charge in [0, 0.05) is 0 Å². The molecule has 2 rings (SSSR count). The van der Waals surface area contributed by atoms with E-state index in [-0.39, 0.29) is 7.43 Å². The molecule has 0 aromatic heterocycles. The molecule has 0 amide bonds. The monoisotopic (exact) mass is 208 g/mol. The van der Waals surface area contributed by atoms with Crippen molar-refractivity contribution in [2.45, 2.75) is 60.8 Å². The Bertz CT molecular complexity index is 202. The van der Waals surface area contributed by atoms with Crippen molar-refractivity contribution >= 4 is 0 Å². The van der Waals surface area contributed by atoms with Crippen LogP contribution in [0.4, 0.5) is 0 Å². The summed E-state index contributed by atoms with van der Waals surface area (Å²) in [4.78, 5) is 0. The first kappa shape index (κ1) is 16.6. The second-order valence-corrected chi connectivity index (χ2v) is 3.33. The summed E-state index contributed by atoms with van der Waals surface area (Å²) < 4.78 is 0. The Morgan fingerprint density at radius 1 is 0.933 bits per heavy atom. The number of aryl methyl sites for hydroxylation is 2. The van der Waals surface area contributed by atoms with Crippen LogP contribution >= 0.6 is 0 Å². The molecule has 0 atom stereocenters. The Hall–Kier alpha value is -0.780. The standard InChI is InChI=1S/C9H10.C3H8.C2H6.CH4/c1-2-5-9-7-3-6-8(9)4-1;1-3-2;1-2;/h1-2,4-5H,3,6-7H2;3H2,1-2H3;1-2H3;1H4. The van der Waals surface area contributed by atoms with Crippen molar-refractivity contribution in [1.29, 1.82) is 0 Å². The largest absolute Gasteiger partial charge is 0.0776 e. The van der Waals surface area contributed by atoms with Crippen LogP contribution in [-0.2, 0) is 12.8 Å². The van der Waals surface area contributed by atoms with Crippen LogP contribution in [0.5, 0.6) is 0 Å². The van der Waals surface area contributed by atoms with E-state index in [2.05, 4.69) is 38.1 Å². The third-order valence-corrected chi connectivity index (χ3v) is 2.01. The van der Waals surface area contributed by atoms with Gasteiger partial charge in [0.15, 0.2) is 0 Å². The SMILES string of the molecule is C.CC.CCC.c1ccc2c(c1)CCC2. The van der Waals surface area contributed by atoms with Crippen LogP contribution in [0.2, 0.25) is 0 Å². The summed E-state index contributed by atoms with van der Waals surface area (Å²) >= 11 is 0. The Labute approximate surface area is 96.7 Å². The first-order chi connectivity index (χ1) is 6.88. The molecule has 88 valence electrons.